The highest BCUT2D eigenvalue weighted by molar-refractivity contribution is 6.01. The van der Waals surface area contributed by atoms with E-state index in [-0.39, 0.29) is 35.5 Å². The predicted molar refractivity (Wildman–Crippen MR) is 79.4 cm³/mol. The van der Waals surface area contributed by atoms with Gasteiger partial charge in [-0.3, -0.25) is 4.79 Å². The van der Waals surface area contributed by atoms with Crippen molar-refractivity contribution in [2.45, 2.75) is 39.9 Å². The Hall–Kier alpha value is -1.88. The van der Waals surface area contributed by atoms with Crippen LogP contribution in [0.1, 0.15) is 36.7 Å². The molecular formula is C16H21NO4. The molecule has 1 aliphatic rings. The summed E-state index contributed by atoms with van der Waals surface area (Å²) in [5.74, 6) is -1.42. The zero-order valence-electron chi connectivity index (χ0n) is 12.7. The quantitative estimate of drug-likeness (QED) is 0.897. The maximum absolute atomic E-state index is 12.5. The Morgan fingerprint density at radius 2 is 1.86 bits per heavy atom. The third kappa shape index (κ3) is 3.08. The molecule has 114 valence electrons. The zero-order valence-corrected chi connectivity index (χ0v) is 12.7. The molecule has 0 saturated carbocycles. The van der Waals surface area contributed by atoms with Gasteiger partial charge in [0.05, 0.1) is 29.4 Å². The van der Waals surface area contributed by atoms with Crippen molar-refractivity contribution in [1.82, 2.24) is 0 Å². The van der Waals surface area contributed by atoms with Crippen LogP contribution >= 0.6 is 0 Å². The second kappa shape index (κ2) is 5.85. The Bertz CT molecular complexity index is 569. The van der Waals surface area contributed by atoms with Crippen LogP contribution in [-0.4, -0.2) is 29.2 Å². The van der Waals surface area contributed by atoms with Crippen LogP contribution in [0.15, 0.2) is 18.2 Å². The van der Waals surface area contributed by atoms with Crippen molar-refractivity contribution < 1.29 is 19.4 Å². The molecule has 1 aliphatic heterocycles. The smallest absolute Gasteiger partial charge is 0.337 e. The number of anilines is 1. The Morgan fingerprint density at radius 1 is 1.19 bits per heavy atom. The molecule has 0 aliphatic carbocycles. The number of carboxylic acids is 1. The SMILES string of the molecule is Cc1ccc(NC(=O)C2C(C)OC(C)C2C)c(C(=O)O)c1. The molecule has 21 heavy (non-hydrogen) atoms. The van der Waals surface area contributed by atoms with Crippen LogP contribution in [0.2, 0.25) is 0 Å². The fourth-order valence-electron chi connectivity index (χ4n) is 2.88. The van der Waals surface area contributed by atoms with Crippen LogP contribution in [0.3, 0.4) is 0 Å². The number of nitrogens with one attached hydrogen (secondary N) is 1. The van der Waals surface area contributed by atoms with Crippen molar-refractivity contribution in [2.75, 3.05) is 5.32 Å². The number of aromatic carboxylic acids is 1. The first-order valence-corrected chi connectivity index (χ1v) is 7.11. The van der Waals surface area contributed by atoms with Crippen LogP contribution in [0.25, 0.3) is 0 Å². The van der Waals surface area contributed by atoms with Gasteiger partial charge >= 0.3 is 5.97 Å². The number of rotatable bonds is 3. The van der Waals surface area contributed by atoms with E-state index in [2.05, 4.69) is 5.32 Å². The number of amides is 1. The first kappa shape index (κ1) is 15.5. The van der Waals surface area contributed by atoms with E-state index >= 15 is 0 Å². The van der Waals surface area contributed by atoms with Gasteiger partial charge in [-0.15, -0.1) is 0 Å². The van der Waals surface area contributed by atoms with Gasteiger partial charge in [-0.25, -0.2) is 4.79 Å². The molecule has 5 nitrogen and oxygen atoms in total. The lowest BCUT2D eigenvalue weighted by molar-refractivity contribution is -0.121. The molecule has 2 rings (SSSR count). The Balaban J connectivity index is 2.22. The number of ether oxygens (including phenoxy) is 1. The molecular weight excluding hydrogens is 270 g/mol. The number of aryl methyl sites for hydroxylation is 1. The summed E-state index contributed by atoms with van der Waals surface area (Å²) in [7, 11) is 0. The van der Waals surface area contributed by atoms with Crippen molar-refractivity contribution >= 4 is 17.6 Å². The monoisotopic (exact) mass is 291 g/mol. The Labute approximate surface area is 124 Å². The van der Waals surface area contributed by atoms with E-state index in [1.807, 2.05) is 27.7 Å². The van der Waals surface area contributed by atoms with Gasteiger partial charge < -0.3 is 15.2 Å². The van der Waals surface area contributed by atoms with Crippen LogP contribution in [-0.2, 0) is 9.53 Å². The first-order valence-electron chi connectivity index (χ1n) is 7.11. The maximum Gasteiger partial charge on any atom is 0.337 e. The highest BCUT2D eigenvalue weighted by Gasteiger charge is 2.41. The number of carboxylic acid groups (broad SMARTS) is 1. The second-order valence-electron chi connectivity index (χ2n) is 5.77. The summed E-state index contributed by atoms with van der Waals surface area (Å²) in [6.45, 7) is 7.61. The van der Waals surface area contributed by atoms with E-state index in [4.69, 9.17) is 4.74 Å². The molecule has 2 N–H and O–H groups in total. The number of carbonyl (C=O) groups is 2. The summed E-state index contributed by atoms with van der Waals surface area (Å²) in [5.41, 5.74) is 1.28. The summed E-state index contributed by atoms with van der Waals surface area (Å²) in [5, 5.41) is 12.0. The largest absolute Gasteiger partial charge is 0.478 e. The van der Waals surface area contributed by atoms with E-state index < -0.39 is 5.97 Å². The number of carbonyl (C=O) groups excluding carboxylic acids is 1. The van der Waals surface area contributed by atoms with Crippen molar-refractivity contribution in [3.63, 3.8) is 0 Å². The minimum atomic E-state index is -1.05. The zero-order chi connectivity index (χ0) is 15.7. The summed E-state index contributed by atoms with van der Waals surface area (Å²) >= 11 is 0. The number of hydrogen-bond donors (Lipinski definition) is 2. The van der Waals surface area contributed by atoms with Crippen LogP contribution in [0.5, 0.6) is 0 Å². The van der Waals surface area contributed by atoms with E-state index in [1.54, 1.807) is 18.2 Å². The average Bonchev–Trinajstić information content (AvgIpc) is 2.65. The van der Waals surface area contributed by atoms with E-state index in [1.165, 1.54) is 0 Å². The molecule has 0 aromatic heterocycles. The molecule has 0 bridgehead atoms. The average molecular weight is 291 g/mol. The first-order chi connectivity index (χ1) is 9.81. The van der Waals surface area contributed by atoms with Gasteiger partial charge in [0.25, 0.3) is 0 Å². The Morgan fingerprint density at radius 3 is 2.38 bits per heavy atom. The normalized spacial score (nSPS) is 28.4. The van der Waals surface area contributed by atoms with E-state index in [0.29, 0.717) is 5.69 Å². The summed E-state index contributed by atoms with van der Waals surface area (Å²) in [6, 6.07) is 4.96. The standard InChI is InChI=1S/C16H21NO4/c1-8-5-6-13(12(7-8)16(19)20)17-15(18)14-9(2)10(3)21-11(14)4/h5-7,9-11,14H,1-4H3,(H,17,18)(H,19,20). The van der Waals surface area contributed by atoms with Gasteiger partial charge in [0.15, 0.2) is 0 Å². The van der Waals surface area contributed by atoms with Gasteiger partial charge in [0, 0.05) is 0 Å². The minimum Gasteiger partial charge on any atom is -0.478 e. The molecule has 4 unspecified atom stereocenters. The molecule has 1 heterocycles. The lowest BCUT2D eigenvalue weighted by Crippen LogP contribution is -2.32. The van der Waals surface area contributed by atoms with Gasteiger partial charge in [0.2, 0.25) is 5.91 Å². The van der Waals surface area contributed by atoms with Crippen LogP contribution in [0.4, 0.5) is 5.69 Å². The fraction of sp³-hybridized carbons (Fsp3) is 0.500. The Kier molecular flexibility index (Phi) is 4.32. The van der Waals surface area contributed by atoms with Gasteiger partial charge in [-0.05, 0) is 38.8 Å². The molecule has 0 radical (unpaired) electrons. The lowest BCUT2D eigenvalue weighted by Gasteiger charge is -2.19. The minimum absolute atomic E-state index is 0.0210. The van der Waals surface area contributed by atoms with Crippen molar-refractivity contribution in [1.29, 1.82) is 0 Å². The summed E-state index contributed by atoms with van der Waals surface area (Å²) < 4.78 is 5.66. The number of benzene rings is 1. The lowest BCUT2D eigenvalue weighted by atomic mass is 9.88. The summed E-state index contributed by atoms with van der Waals surface area (Å²) in [6.07, 6.45) is -0.151. The highest BCUT2D eigenvalue weighted by atomic mass is 16.5. The second-order valence-corrected chi connectivity index (χ2v) is 5.77. The van der Waals surface area contributed by atoms with Gasteiger partial charge in [0.1, 0.15) is 0 Å². The maximum atomic E-state index is 12.5. The molecule has 1 amide bonds. The molecule has 1 fully saturated rings. The molecule has 1 aromatic rings. The number of hydrogen-bond acceptors (Lipinski definition) is 3. The van der Waals surface area contributed by atoms with Gasteiger partial charge in [-0.2, -0.15) is 0 Å². The van der Waals surface area contributed by atoms with Crippen molar-refractivity contribution in [2.24, 2.45) is 11.8 Å². The third-order valence-electron chi connectivity index (χ3n) is 4.21. The molecule has 5 heteroatoms. The summed E-state index contributed by atoms with van der Waals surface area (Å²) in [4.78, 5) is 23.7. The fourth-order valence-corrected chi connectivity index (χ4v) is 2.88. The molecule has 1 saturated heterocycles. The molecule has 4 atom stereocenters. The third-order valence-corrected chi connectivity index (χ3v) is 4.21. The van der Waals surface area contributed by atoms with E-state index in [9.17, 15) is 14.7 Å². The van der Waals surface area contributed by atoms with Crippen molar-refractivity contribution in [3.05, 3.63) is 29.3 Å². The predicted octanol–water partition coefficient (Wildman–Crippen LogP) is 2.69. The van der Waals surface area contributed by atoms with Gasteiger partial charge in [-0.1, -0.05) is 18.6 Å². The highest BCUT2D eigenvalue weighted by Crippen LogP contribution is 2.33. The van der Waals surface area contributed by atoms with E-state index in [0.717, 1.165) is 5.56 Å². The van der Waals surface area contributed by atoms with Crippen molar-refractivity contribution in [3.8, 4) is 0 Å². The molecule has 1 aromatic carbocycles. The topological polar surface area (TPSA) is 75.6 Å². The molecule has 0 spiro atoms. The van der Waals surface area contributed by atoms with Crippen LogP contribution in [0, 0.1) is 18.8 Å². The van der Waals surface area contributed by atoms with Crippen LogP contribution < -0.4 is 5.32 Å².